The Morgan fingerprint density at radius 2 is 1.97 bits per heavy atom. The Labute approximate surface area is 183 Å². The van der Waals surface area contributed by atoms with Gasteiger partial charge in [-0.25, -0.2) is 0 Å². The Morgan fingerprint density at radius 3 is 2.67 bits per heavy atom. The molecule has 0 aromatic carbocycles. The van der Waals surface area contributed by atoms with Gasteiger partial charge in [0.15, 0.2) is 0 Å². The van der Waals surface area contributed by atoms with E-state index in [0.29, 0.717) is 36.0 Å². The van der Waals surface area contributed by atoms with E-state index in [1.165, 1.54) is 18.4 Å². The summed E-state index contributed by atoms with van der Waals surface area (Å²) in [4.78, 5) is 13.8. The zero-order valence-corrected chi connectivity index (χ0v) is 19.7. The van der Waals surface area contributed by atoms with Crippen molar-refractivity contribution in [3.05, 3.63) is 11.6 Å². The molecule has 0 unspecified atom stereocenters. The zero-order chi connectivity index (χ0) is 21.8. The summed E-state index contributed by atoms with van der Waals surface area (Å²) in [6.45, 7) is 7.16. The summed E-state index contributed by atoms with van der Waals surface area (Å²) in [5, 5.41) is 21.7. The summed E-state index contributed by atoms with van der Waals surface area (Å²) >= 11 is 0. The highest BCUT2D eigenvalue weighted by atomic mass is 16.3. The second kappa shape index (κ2) is 7.92. The highest BCUT2D eigenvalue weighted by molar-refractivity contribution is 5.75. The van der Waals surface area contributed by atoms with Gasteiger partial charge in [0, 0.05) is 20.5 Å². The third-order valence-electron chi connectivity index (χ3n) is 10.1. The molecular formula is C26H43NO3. The number of nitrogens with zero attached hydrogens (tertiary/aromatic N) is 1. The minimum atomic E-state index is -0.253. The van der Waals surface area contributed by atoms with Crippen LogP contribution < -0.4 is 0 Å². The van der Waals surface area contributed by atoms with Crippen molar-refractivity contribution < 1.29 is 15.0 Å². The molecule has 3 saturated carbocycles. The summed E-state index contributed by atoms with van der Waals surface area (Å²) in [6, 6.07) is 0. The lowest BCUT2D eigenvalue weighted by Gasteiger charge is -2.60. The normalized spacial score (nSPS) is 46.3. The Morgan fingerprint density at radius 1 is 1.23 bits per heavy atom. The van der Waals surface area contributed by atoms with Gasteiger partial charge in [-0.2, -0.15) is 0 Å². The molecule has 0 spiro atoms. The molecule has 0 heterocycles. The molecule has 4 heteroatoms. The predicted octanol–water partition coefficient (Wildman–Crippen LogP) is 4.40. The second-order valence-electron chi connectivity index (χ2n) is 11.8. The number of hydrogen-bond acceptors (Lipinski definition) is 3. The van der Waals surface area contributed by atoms with E-state index in [1.54, 1.807) is 4.90 Å². The molecule has 0 bridgehead atoms. The molecule has 9 atom stereocenters. The molecule has 0 aromatic rings. The zero-order valence-electron chi connectivity index (χ0n) is 19.7. The number of aliphatic hydroxyl groups excluding tert-OH is 2. The van der Waals surface area contributed by atoms with E-state index >= 15 is 0 Å². The van der Waals surface area contributed by atoms with Gasteiger partial charge in [-0.05, 0) is 91.8 Å². The van der Waals surface area contributed by atoms with Gasteiger partial charge in [0.05, 0.1) is 12.2 Å². The van der Waals surface area contributed by atoms with Crippen molar-refractivity contribution in [1.29, 1.82) is 0 Å². The summed E-state index contributed by atoms with van der Waals surface area (Å²) < 4.78 is 0. The summed E-state index contributed by atoms with van der Waals surface area (Å²) in [6.07, 6.45) is 10.7. The molecular weight excluding hydrogens is 374 g/mol. The van der Waals surface area contributed by atoms with Crippen LogP contribution in [0.4, 0.5) is 0 Å². The second-order valence-corrected chi connectivity index (χ2v) is 11.8. The average molecular weight is 418 g/mol. The molecule has 4 aliphatic carbocycles. The Balaban J connectivity index is 1.54. The van der Waals surface area contributed by atoms with E-state index in [1.807, 2.05) is 14.1 Å². The lowest BCUT2D eigenvalue weighted by molar-refractivity contribution is -0.132. The number of fused-ring (bicyclic) bond motifs is 5. The van der Waals surface area contributed by atoms with Crippen molar-refractivity contribution >= 4 is 5.91 Å². The van der Waals surface area contributed by atoms with Gasteiger partial charge in [-0.1, -0.05) is 32.4 Å². The van der Waals surface area contributed by atoms with E-state index in [0.717, 1.165) is 38.5 Å². The van der Waals surface area contributed by atoms with E-state index in [2.05, 4.69) is 26.8 Å². The fourth-order valence-electron chi connectivity index (χ4n) is 8.52. The van der Waals surface area contributed by atoms with Crippen LogP contribution in [0.15, 0.2) is 11.6 Å². The molecule has 2 N–H and O–H groups in total. The summed E-state index contributed by atoms with van der Waals surface area (Å²) in [7, 11) is 3.68. The Kier molecular flexibility index (Phi) is 5.89. The van der Waals surface area contributed by atoms with E-state index in [9.17, 15) is 15.0 Å². The van der Waals surface area contributed by atoms with E-state index in [4.69, 9.17) is 0 Å². The van der Waals surface area contributed by atoms with Crippen molar-refractivity contribution in [3.8, 4) is 0 Å². The third kappa shape index (κ3) is 3.46. The maximum atomic E-state index is 12.1. The van der Waals surface area contributed by atoms with E-state index < -0.39 is 0 Å². The molecule has 3 fully saturated rings. The largest absolute Gasteiger partial charge is 0.393 e. The van der Waals surface area contributed by atoms with Gasteiger partial charge in [-0.15, -0.1) is 0 Å². The van der Waals surface area contributed by atoms with Crippen LogP contribution in [0.2, 0.25) is 0 Å². The first-order valence-electron chi connectivity index (χ1n) is 12.3. The Hall–Kier alpha value is -0.870. The first-order chi connectivity index (χ1) is 14.1. The van der Waals surface area contributed by atoms with Gasteiger partial charge in [0.1, 0.15) is 0 Å². The third-order valence-corrected chi connectivity index (χ3v) is 10.1. The SMILES string of the molecule is C[C@H](CCC(=O)N(C)C)[C@H]1CC[C@H]2[C@@H]3CC=C4C[C@@H](O)CC[C@]4(C)[C@H]3[C@@H](O)C[C@]12C. The van der Waals surface area contributed by atoms with Gasteiger partial charge < -0.3 is 15.1 Å². The number of hydrogen-bond donors (Lipinski definition) is 2. The van der Waals surface area contributed by atoms with Crippen LogP contribution in [0.1, 0.15) is 78.6 Å². The monoisotopic (exact) mass is 417 g/mol. The van der Waals surface area contributed by atoms with Crippen LogP contribution in [0.3, 0.4) is 0 Å². The summed E-state index contributed by atoms with van der Waals surface area (Å²) in [5.41, 5.74) is 1.65. The van der Waals surface area contributed by atoms with Crippen LogP contribution in [0, 0.1) is 40.4 Å². The molecule has 0 aromatic heterocycles. The van der Waals surface area contributed by atoms with Crippen molar-refractivity contribution in [1.82, 2.24) is 4.90 Å². The minimum Gasteiger partial charge on any atom is -0.393 e. The minimum absolute atomic E-state index is 0.0602. The highest BCUT2D eigenvalue weighted by Crippen LogP contribution is 2.67. The average Bonchev–Trinajstić information content (AvgIpc) is 3.02. The number of carbonyl (C=O) groups excluding carboxylic acids is 1. The van der Waals surface area contributed by atoms with Gasteiger partial charge >= 0.3 is 0 Å². The quantitative estimate of drug-likeness (QED) is 0.667. The van der Waals surface area contributed by atoms with Crippen molar-refractivity contribution in [3.63, 3.8) is 0 Å². The van der Waals surface area contributed by atoms with Crippen LogP contribution in [-0.2, 0) is 4.79 Å². The van der Waals surface area contributed by atoms with Crippen molar-refractivity contribution in [2.45, 2.75) is 90.8 Å². The fourth-order valence-corrected chi connectivity index (χ4v) is 8.52. The van der Waals surface area contributed by atoms with Gasteiger partial charge in [0.25, 0.3) is 0 Å². The molecule has 4 aliphatic rings. The number of carbonyl (C=O) groups is 1. The molecule has 0 aliphatic heterocycles. The maximum Gasteiger partial charge on any atom is 0.222 e. The summed E-state index contributed by atoms with van der Waals surface area (Å²) in [5.74, 6) is 2.91. The standard InChI is InChI=1S/C26H43NO3/c1-16(6-11-23(30)27(4)5)20-9-10-21-19-8-7-17-14-18(28)12-13-25(17,2)24(19)22(29)15-26(20,21)3/h7,16,18-22,24,28-29H,6,8-15H2,1-5H3/t16-,18+,19+,20-,21+,22+,24-,25+,26-/m1/s1. The van der Waals surface area contributed by atoms with Crippen LogP contribution in [0.5, 0.6) is 0 Å². The van der Waals surface area contributed by atoms with Crippen LogP contribution >= 0.6 is 0 Å². The van der Waals surface area contributed by atoms with E-state index in [-0.39, 0.29) is 28.9 Å². The maximum absolute atomic E-state index is 12.1. The molecule has 4 rings (SSSR count). The molecule has 1 amide bonds. The highest BCUT2D eigenvalue weighted by Gasteiger charge is 2.62. The molecule has 30 heavy (non-hydrogen) atoms. The first-order valence-corrected chi connectivity index (χ1v) is 12.3. The van der Waals surface area contributed by atoms with Crippen LogP contribution in [0.25, 0.3) is 0 Å². The fraction of sp³-hybridized carbons (Fsp3) is 0.885. The van der Waals surface area contributed by atoms with Crippen LogP contribution in [-0.4, -0.2) is 47.3 Å². The lowest BCUT2D eigenvalue weighted by atomic mass is 9.46. The van der Waals surface area contributed by atoms with Gasteiger partial charge in [0.2, 0.25) is 5.91 Å². The molecule has 170 valence electrons. The topological polar surface area (TPSA) is 60.8 Å². The van der Waals surface area contributed by atoms with Crippen molar-refractivity contribution in [2.75, 3.05) is 14.1 Å². The number of aliphatic hydroxyl groups is 2. The number of allylic oxidation sites excluding steroid dienone is 1. The molecule has 4 nitrogen and oxygen atoms in total. The smallest absolute Gasteiger partial charge is 0.222 e. The van der Waals surface area contributed by atoms with Gasteiger partial charge in [-0.3, -0.25) is 4.79 Å². The van der Waals surface area contributed by atoms with Crippen molar-refractivity contribution in [2.24, 2.45) is 40.4 Å². The first kappa shape index (κ1) is 22.3. The Bertz CT molecular complexity index is 702. The number of amides is 1. The predicted molar refractivity (Wildman–Crippen MR) is 120 cm³/mol. The molecule has 0 saturated heterocycles. The number of rotatable bonds is 4. The molecule has 0 radical (unpaired) electrons. The lowest BCUT2D eigenvalue weighted by Crippen LogP contribution is -2.56.